The lowest BCUT2D eigenvalue weighted by molar-refractivity contribution is 0.244. The van der Waals surface area contributed by atoms with Crippen molar-refractivity contribution in [1.29, 1.82) is 0 Å². The molecule has 6 heteroatoms. The van der Waals surface area contributed by atoms with Crippen LogP contribution in [0.5, 0.6) is 0 Å². The van der Waals surface area contributed by atoms with E-state index >= 15 is 0 Å². The van der Waals surface area contributed by atoms with Gasteiger partial charge in [-0.05, 0) is 12.1 Å². The maximum Gasteiger partial charge on any atom is 0.255 e. The van der Waals surface area contributed by atoms with E-state index in [2.05, 4.69) is 14.9 Å². The van der Waals surface area contributed by atoms with Crippen LogP contribution in [0.1, 0.15) is 16.1 Å². The monoisotopic (exact) mass is 357 g/mol. The zero-order chi connectivity index (χ0) is 16.5. The van der Waals surface area contributed by atoms with Crippen LogP contribution in [-0.4, -0.2) is 21.4 Å². The Morgan fingerprint density at radius 3 is 2.79 bits per heavy atom. The second-order valence-electron chi connectivity index (χ2n) is 5.87. The third-order valence-electron chi connectivity index (χ3n) is 4.20. The Balaban J connectivity index is 1.59. The molecular formula is C18H16ClN3OS. The molecule has 0 unspecified atom stereocenters. The molecule has 122 valence electrons. The minimum Gasteiger partial charge on any atom is -0.306 e. The average molecular weight is 358 g/mol. The number of hydrogen-bond donors (Lipinski definition) is 1. The van der Waals surface area contributed by atoms with Crippen molar-refractivity contribution in [3.05, 3.63) is 73.3 Å². The van der Waals surface area contributed by atoms with Crippen molar-refractivity contribution in [2.45, 2.75) is 19.5 Å². The van der Waals surface area contributed by atoms with Crippen molar-refractivity contribution in [2.24, 2.45) is 0 Å². The highest BCUT2D eigenvalue weighted by molar-refractivity contribution is 7.16. The molecular weight excluding hydrogens is 342 g/mol. The first-order chi connectivity index (χ1) is 11.7. The first-order valence-electron chi connectivity index (χ1n) is 7.83. The van der Waals surface area contributed by atoms with Gasteiger partial charge >= 0.3 is 0 Å². The molecule has 1 aliphatic rings. The Hall–Kier alpha value is -1.95. The lowest BCUT2D eigenvalue weighted by Crippen LogP contribution is -2.35. The molecule has 0 saturated carbocycles. The fraction of sp³-hybridized carbons (Fsp3) is 0.222. The Bertz CT molecular complexity index is 920. The van der Waals surface area contributed by atoms with E-state index in [9.17, 15) is 4.79 Å². The Morgan fingerprint density at radius 1 is 1.21 bits per heavy atom. The van der Waals surface area contributed by atoms with Gasteiger partial charge in [0.1, 0.15) is 5.82 Å². The van der Waals surface area contributed by atoms with Crippen LogP contribution in [0.2, 0.25) is 4.34 Å². The second kappa shape index (κ2) is 6.51. The average Bonchev–Trinajstić information content (AvgIpc) is 3.01. The topological polar surface area (TPSA) is 49.0 Å². The van der Waals surface area contributed by atoms with Gasteiger partial charge in [0.15, 0.2) is 0 Å². The molecule has 2 aromatic heterocycles. The molecule has 1 N–H and O–H groups in total. The summed E-state index contributed by atoms with van der Waals surface area (Å²) in [4.78, 5) is 23.6. The van der Waals surface area contributed by atoms with Crippen molar-refractivity contribution in [2.75, 3.05) is 6.54 Å². The molecule has 4 nitrogen and oxygen atoms in total. The minimum absolute atomic E-state index is 0.0345. The van der Waals surface area contributed by atoms with Gasteiger partial charge in [0.05, 0.1) is 15.6 Å². The molecule has 0 bridgehead atoms. The number of benzene rings is 1. The fourth-order valence-electron chi connectivity index (χ4n) is 3.01. The van der Waals surface area contributed by atoms with Gasteiger partial charge < -0.3 is 4.98 Å². The number of fused-ring (bicyclic) bond motifs is 1. The molecule has 0 amide bonds. The van der Waals surface area contributed by atoms with Gasteiger partial charge in [0.2, 0.25) is 0 Å². The number of nitrogens with zero attached hydrogens (tertiary/aromatic N) is 2. The van der Waals surface area contributed by atoms with Crippen molar-refractivity contribution in [1.82, 2.24) is 14.9 Å². The molecule has 0 atom stereocenters. The molecule has 1 aliphatic heterocycles. The standard InChI is InChI=1S/C18H16ClN3OS/c19-16-7-6-13(24-16)10-22-9-8-15-14(11-22)18(23)21-17(20-15)12-4-2-1-3-5-12/h1-7H,8-11H2,(H,20,21,23). The maximum atomic E-state index is 12.5. The number of aromatic nitrogens is 2. The third kappa shape index (κ3) is 3.15. The largest absolute Gasteiger partial charge is 0.306 e. The quantitative estimate of drug-likeness (QED) is 0.777. The highest BCUT2D eigenvalue weighted by Gasteiger charge is 2.21. The van der Waals surface area contributed by atoms with Crippen molar-refractivity contribution in [3.63, 3.8) is 0 Å². The molecule has 0 fully saturated rings. The summed E-state index contributed by atoms with van der Waals surface area (Å²) < 4.78 is 0.800. The van der Waals surface area contributed by atoms with Crippen LogP contribution >= 0.6 is 22.9 Å². The van der Waals surface area contributed by atoms with Crippen LogP contribution in [0.25, 0.3) is 11.4 Å². The molecule has 4 rings (SSSR count). The predicted molar refractivity (Wildman–Crippen MR) is 97.4 cm³/mol. The van der Waals surface area contributed by atoms with Crippen LogP contribution in [0.3, 0.4) is 0 Å². The molecule has 0 spiro atoms. The molecule has 0 radical (unpaired) electrons. The summed E-state index contributed by atoms with van der Waals surface area (Å²) in [6.07, 6.45) is 0.790. The van der Waals surface area contributed by atoms with E-state index in [0.29, 0.717) is 12.4 Å². The lowest BCUT2D eigenvalue weighted by Gasteiger charge is -2.27. The number of aromatic amines is 1. The van der Waals surface area contributed by atoms with Crippen LogP contribution in [0, 0.1) is 0 Å². The van der Waals surface area contributed by atoms with E-state index in [4.69, 9.17) is 11.6 Å². The molecule has 0 saturated heterocycles. The highest BCUT2D eigenvalue weighted by Crippen LogP contribution is 2.25. The molecule has 24 heavy (non-hydrogen) atoms. The van der Waals surface area contributed by atoms with E-state index in [1.807, 2.05) is 42.5 Å². The van der Waals surface area contributed by atoms with Gasteiger partial charge in [-0.2, -0.15) is 0 Å². The molecule has 1 aromatic carbocycles. The Kier molecular flexibility index (Phi) is 4.22. The molecule has 3 aromatic rings. The van der Waals surface area contributed by atoms with Gasteiger partial charge in [-0.25, -0.2) is 4.98 Å². The van der Waals surface area contributed by atoms with Gasteiger partial charge in [0, 0.05) is 36.5 Å². The predicted octanol–water partition coefficient (Wildman–Crippen LogP) is 3.71. The van der Waals surface area contributed by atoms with E-state index < -0.39 is 0 Å². The summed E-state index contributed by atoms with van der Waals surface area (Å²) in [7, 11) is 0. The third-order valence-corrected chi connectivity index (χ3v) is 5.42. The van der Waals surface area contributed by atoms with Crippen molar-refractivity contribution in [3.8, 4) is 11.4 Å². The fourth-order valence-corrected chi connectivity index (χ4v) is 4.14. The number of thiophene rings is 1. The van der Waals surface area contributed by atoms with Gasteiger partial charge in [-0.15, -0.1) is 11.3 Å². The van der Waals surface area contributed by atoms with Crippen LogP contribution in [-0.2, 0) is 19.5 Å². The minimum atomic E-state index is -0.0345. The second-order valence-corrected chi connectivity index (χ2v) is 7.67. The zero-order valence-corrected chi connectivity index (χ0v) is 14.5. The van der Waals surface area contributed by atoms with Gasteiger partial charge in [-0.1, -0.05) is 41.9 Å². The first kappa shape index (κ1) is 15.6. The number of H-pyrrole nitrogens is 1. The molecule has 3 heterocycles. The smallest absolute Gasteiger partial charge is 0.255 e. The summed E-state index contributed by atoms with van der Waals surface area (Å²) in [6.45, 7) is 2.34. The number of halogens is 1. The summed E-state index contributed by atoms with van der Waals surface area (Å²) in [5, 5.41) is 0. The Labute approximate surface area is 148 Å². The molecule has 0 aliphatic carbocycles. The number of hydrogen-bond acceptors (Lipinski definition) is 4. The van der Waals surface area contributed by atoms with Crippen LogP contribution < -0.4 is 5.56 Å². The first-order valence-corrected chi connectivity index (χ1v) is 9.02. The van der Waals surface area contributed by atoms with E-state index in [1.165, 1.54) is 4.88 Å². The number of nitrogens with one attached hydrogen (secondary N) is 1. The van der Waals surface area contributed by atoms with E-state index in [1.54, 1.807) is 11.3 Å². The van der Waals surface area contributed by atoms with Crippen molar-refractivity contribution >= 4 is 22.9 Å². The zero-order valence-electron chi connectivity index (χ0n) is 13.0. The summed E-state index contributed by atoms with van der Waals surface area (Å²) in [6, 6.07) is 13.7. The van der Waals surface area contributed by atoms with Crippen LogP contribution in [0.15, 0.2) is 47.3 Å². The highest BCUT2D eigenvalue weighted by atomic mass is 35.5. The lowest BCUT2D eigenvalue weighted by atomic mass is 10.1. The maximum absolute atomic E-state index is 12.5. The van der Waals surface area contributed by atoms with E-state index in [0.717, 1.165) is 40.7 Å². The summed E-state index contributed by atoms with van der Waals surface area (Å²) in [5.74, 6) is 0.651. The van der Waals surface area contributed by atoms with E-state index in [-0.39, 0.29) is 5.56 Å². The van der Waals surface area contributed by atoms with Crippen molar-refractivity contribution < 1.29 is 0 Å². The summed E-state index contributed by atoms with van der Waals surface area (Å²) >= 11 is 7.58. The van der Waals surface area contributed by atoms with Gasteiger partial charge in [0.25, 0.3) is 5.56 Å². The van der Waals surface area contributed by atoms with Gasteiger partial charge in [-0.3, -0.25) is 9.69 Å². The normalized spacial score (nSPS) is 14.5. The van der Waals surface area contributed by atoms with Crippen LogP contribution in [0.4, 0.5) is 0 Å². The summed E-state index contributed by atoms with van der Waals surface area (Å²) in [5.41, 5.74) is 2.60. The SMILES string of the molecule is O=c1[nH]c(-c2ccccc2)nc2c1CN(Cc1ccc(Cl)s1)CC2. The number of rotatable bonds is 3. The Morgan fingerprint density at radius 2 is 2.04 bits per heavy atom.